The van der Waals surface area contributed by atoms with Crippen molar-refractivity contribution in [2.24, 2.45) is 0 Å². The van der Waals surface area contributed by atoms with Gasteiger partial charge >= 0.3 is 0 Å². The monoisotopic (exact) mass is 291 g/mol. The predicted octanol–water partition coefficient (Wildman–Crippen LogP) is 0.776. The number of amides is 1. The van der Waals surface area contributed by atoms with Crippen molar-refractivity contribution in [3.05, 3.63) is 17.5 Å². The van der Waals surface area contributed by atoms with Gasteiger partial charge in [0.25, 0.3) is 0 Å². The molecule has 2 heterocycles. The van der Waals surface area contributed by atoms with Gasteiger partial charge in [0, 0.05) is 44.6 Å². The second kappa shape index (κ2) is 6.85. The molecule has 1 aromatic heterocycles. The fourth-order valence-electron chi connectivity index (χ4n) is 2.33. The van der Waals surface area contributed by atoms with Gasteiger partial charge in [0.15, 0.2) is 0 Å². The summed E-state index contributed by atoms with van der Waals surface area (Å²) in [5, 5.41) is 3.25. The van der Waals surface area contributed by atoms with E-state index in [9.17, 15) is 4.79 Å². The summed E-state index contributed by atoms with van der Waals surface area (Å²) in [6.07, 6.45) is 0. The van der Waals surface area contributed by atoms with E-state index in [0.29, 0.717) is 18.4 Å². The molecule has 116 valence electrons. The van der Waals surface area contributed by atoms with Crippen LogP contribution in [0.4, 0.5) is 5.95 Å². The third-order valence-electron chi connectivity index (χ3n) is 3.64. The molecular weight excluding hydrogens is 266 g/mol. The molecule has 0 radical (unpaired) electrons. The molecular formula is C15H25N5O. The Morgan fingerprint density at radius 3 is 2.67 bits per heavy atom. The first-order valence-corrected chi connectivity index (χ1v) is 7.52. The lowest BCUT2D eigenvalue weighted by Gasteiger charge is -2.29. The molecule has 6 nitrogen and oxygen atoms in total. The number of piperazine rings is 1. The average Bonchev–Trinajstić information content (AvgIpc) is 2.47. The Morgan fingerprint density at radius 2 is 2.05 bits per heavy atom. The van der Waals surface area contributed by atoms with Crippen LogP contribution in [-0.4, -0.2) is 60.5 Å². The molecule has 21 heavy (non-hydrogen) atoms. The molecule has 1 aliphatic heterocycles. The maximum absolute atomic E-state index is 12.3. The molecule has 1 saturated heterocycles. The Bertz CT molecular complexity index is 497. The zero-order valence-electron chi connectivity index (χ0n) is 13.4. The first kappa shape index (κ1) is 15.7. The van der Waals surface area contributed by atoms with E-state index in [1.54, 1.807) is 0 Å². The van der Waals surface area contributed by atoms with E-state index in [1.165, 1.54) is 0 Å². The number of hydrogen-bond donors (Lipinski definition) is 1. The minimum Gasteiger partial charge on any atom is -0.339 e. The van der Waals surface area contributed by atoms with Crippen molar-refractivity contribution in [3.63, 3.8) is 0 Å². The molecule has 0 aliphatic carbocycles. The summed E-state index contributed by atoms with van der Waals surface area (Å²) in [7, 11) is 1.87. The maximum atomic E-state index is 12.3. The average molecular weight is 291 g/mol. The number of likely N-dealkylation sites (N-methyl/N-ethyl adjacent to an activating group) is 1. The van der Waals surface area contributed by atoms with Gasteiger partial charge in [-0.1, -0.05) is 13.8 Å². The van der Waals surface area contributed by atoms with Crippen molar-refractivity contribution in [1.82, 2.24) is 20.2 Å². The van der Waals surface area contributed by atoms with Crippen LogP contribution in [0.3, 0.4) is 0 Å². The van der Waals surface area contributed by atoms with Crippen LogP contribution in [0, 0.1) is 6.92 Å². The molecule has 0 unspecified atom stereocenters. The lowest BCUT2D eigenvalue weighted by Crippen LogP contribution is -2.49. The van der Waals surface area contributed by atoms with E-state index >= 15 is 0 Å². The molecule has 0 atom stereocenters. The van der Waals surface area contributed by atoms with E-state index in [4.69, 9.17) is 0 Å². The van der Waals surface area contributed by atoms with Crippen LogP contribution in [0.25, 0.3) is 0 Å². The second-order valence-corrected chi connectivity index (χ2v) is 5.88. The predicted molar refractivity (Wildman–Crippen MR) is 83.6 cm³/mol. The Labute approximate surface area is 126 Å². The number of aryl methyl sites for hydroxylation is 1. The largest absolute Gasteiger partial charge is 0.339 e. The highest BCUT2D eigenvalue weighted by Gasteiger charge is 2.19. The molecule has 1 amide bonds. The summed E-state index contributed by atoms with van der Waals surface area (Å²) in [4.78, 5) is 25.0. The van der Waals surface area contributed by atoms with Gasteiger partial charge in [0.1, 0.15) is 0 Å². The van der Waals surface area contributed by atoms with E-state index in [2.05, 4.69) is 29.1 Å². The summed E-state index contributed by atoms with van der Waals surface area (Å²) < 4.78 is 0. The van der Waals surface area contributed by atoms with Gasteiger partial charge in [-0.3, -0.25) is 4.79 Å². The number of nitrogens with one attached hydrogen (secondary N) is 1. The van der Waals surface area contributed by atoms with E-state index < -0.39 is 0 Å². The molecule has 0 bridgehead atoms. The Hall–Kier alpha value is -1.69. The van der Waals surface area contributed by atoms with E-state index in [1.807, 2.05) is 29.8 Å². The van der Waals surface area contributed by atoms with E-state index in [0.717, 1.165) is 37.6 Å². The zero-order valence-corrected chi connectivity index (χ0v) is 13.4. The summed E-state index contributed by atoms with van der Waals surface area (Å²) in [6.45, 7) is 9.79. The smallest absolute Gasteiger partial charge is 0.242 e. The van der Waals surface area contributed by atoms with Crippen molar-refractivity contribution in [3.8, 4) is 0 Å². The summed E-state index contributed by atoms with van der Waals surface area (Å²) in [6, 6.07) is 2.00. The van der Waals surface area contributed by atoms with Gasteiger partial charge in [0.05, 0.1) is 6.54 Å². The molecule has 6 heteroatoms. The Balaban J connectivity index is 2.05. The third-order valence-corrected chi connectivity index (χ3v) is 3.64. The maximum Gasteiger partial charge on any atom is 0.242 e. The van der Waals surface area contributed by atoms with Crippen molar-refractivity contribution in [1.29, 1.82) is 0 Å². The van der Waals surface area contributed by atoms with Gasteiger partial charge in [-0.25, -0.2) is 9.97 Å². The number of rotatable bonds is 4. The number of hydrogen-bond acceptors (Lipinski definition) is 5. The van der Waals surface area contributed by atoms with E-state index in [-0.39, 0.29) is 5.91 Å². The van der Waals surface area contributed by atoms with Gasteiger partial charge in [0.2, 0.25) is 11.9 Å². The Morgan fingerprint density at radius 1 is 1.38 bits per heavy atom. The first-order valence-electron chi connectivity index (χ1n) is 7.52. The van der Waals surface area contributed by atoms with Crippen LogP contribution in [0.1, 0.15) is 31.2 Å². The lowest BCUT2D eigenvalue weighted by molar-refractivity contribution is -0.130. The molecule has 0 aromatic carbocycles. The highest BCUT2D eigenvalue weighted by atomic mass is 16.2. The summed E-state index contributed by atoms with van der Waals surface area (Å²) >= 11 is 0. The van der Waals surface area contributed by atoms with Crippen LogP contribution in [0.5, 0.6) is 0 Å². The molecule has 0 saturated carbocycles. The minimum atomic E-state index is 0.134. The molecule has 1 aliphatic rings. The molecule has 1 fully saturated rings. The van der Waals surface area contributed by atoms with Crippen LogP contribution >= 0.6 is 0 Å². The fourth-order valence-corrected chi connectivity index (χ4v) is 2.33. The topological polar surface area (TPSA) is 61.4 Å². The lowest BCUT2D eigenvalue weighted by atomic mass is 10.1. The number of nitrogens with zero attached hydrogens (tertiary/aromatic N) is 4. The minimum absolute atomic E-state index is 0.134. The van der Waals surface area contributed by atoms with Crippen LogP contribution < -0.4 is 10.2 Å². The highest BCUT2D eigenvalue weighted by molar-refractivity contribution is 5.81. The summed E-state index contributed by atoms with van der Waals surface area (Å²) in [5.41, 5.74) is 1.95. The highest BCUT2D eigenvalue weighted by Crippen LogP contribution is 2.16. The Kier molecular flexibility index (Phi) is 5.12. The van der Waals surface area contributed by atoms with Gasteiger partial charge in [-0.15, -0.1) is 0 Å². The number of carbonyl (C=O) groups excluding carboxylic acids is 1. The normalized spacial score (nSPS) is 15.4. The van der Waals surface area contributed by atoms with Gasteiger partial charge < -0.3 is 15.1 Å². The number of anilines is 1. The molecule has 0 spiro atoms. The number of aromatic nitrogens is 2. The number of carbonyl (C=O) groups is 1. The van der Waals surface area contributed by atoms with Crippen molar-refractivity contribution >= 4 is 11.9 Å². The standard InChI is InChI=1S/C15H25N5O/c1-11(2)13-9-12(3)17-15(18-13)19(4)10-14(21)20-7-5-16-6-8-20/h9,11,16H,5-8,10H2,1-4H3. The molecule has 2 rings (SSSR count). The van der Waals surface area contributed by atoms with Gasteiger partial charge in [-0.05, 0) is 18.9 Å². The van der Waals surface area contributed by atoms with Crippen LogP contribution in [0.15, 0.2) is 6.07 Å². The second-order valence-electron chi connectivity index (χ2n) is 5.88. The third kappa shape index (κ3) is 4.14. The van der Waals surface area contributed by atoms with Crippen LogP contribution in [-0.2, 0) is 4.79 Å². The van der Waals surface area contributed by atoms with Crippen molar-refractivity contribution < 1.29 is 4.79 Å². The SMILES string of the molecule is Cc1cc(C(C)C)nc(N(C)CC(=O)N2CCNCC2)n1. The van der Waals surface area contributed by atoms with Crippen molar-refractivity contribution in [2.45, 2.75) is 26.7 Å². The fraction of sp³-hybridized carbons (Fsp3) is 0.667. The quantitative estimate of drug-likeness (QED) is 0.888. The molecule has 1 aromatic rings. The molecule has 1 N–H and O–H groups in total. The van der Waals surface area contributed by atoms with Crippen LogP contribution in [0.2, 0.25) is 0 Å². The first-order chi connectivity index (χ1) is 9.97. The zero-order chi connectivity index (χ0) is 15.4. The van der Waals surface area contributed by atoms with Gasteiger partial charge in [-0.2, -0.15) is 0 Å². The summed E-state index contributed by atoms with van der Waals surface area (Å²) in [5.74, 6) is 1.11. The van der Waals surface area contributed by atoms with Crippen molar-refractivity contribution in [2.75, 3.05) is 44.7 Å².